The lowest BCUT2D eigenvalue weighted by Gasteiger charge is -2.11. The van der Waals surface area contributed by atoms with E-state index >= 15 is 0 Å². The summed E-state index contributed by atoms with van der Waals surface area (Å²) in [4.78, 5) is 20.8. The molecule has 0 saturated heterocycles. The number of aryl methyl sites for hydroxylation is 2. The Morgan fingerprint density at radius 1 is 1.29 bits per heavy atom. The van der Waals surface area contributed by atoms with E-state index in [-0.39, 0.29) is 24.1 Å². The normalized spacial score (nSPS) is 11.7. The molecule has 0 saturated carbocycles. The van der Waals surface area contributed by atoms with E-state index in [1.165, 1.54) is 6.20 Å². The minimum absolute atomic E-state index is 0.0254. The third kappa shape index (κ3) is 5.91. The molecule has 3 aromatic rings. The maximum Gasteiger partial charge on any atom is 0.422 e. The Kier molecular flexibility index (Phi) is 6.74. The van der Waals surface area contributed by atoms with Crippen LogP contribution in [0.2, 0.25) is 0 Å². The van der Waals surface area contributed by atoms with Gasteiger partial charge in [0, 0.05) is 36.8 Å². The van der Waals surface area contributed by atoms with Crippen molar-refractivity contribution in [1.29, 1.82) is 0 Å². The first-order valence-electron chi connectivity index (χ1n) is 9.55. The van der Waals surface area contributed by atoms with Crippen LogP contribution < -0.4 is 10.1 Å². The molecule has 8 nitrogen and oxygen atoms in total. The molecule has 0 aliphatic heterocycles. The van der Waals surface area contributed by atoms with Gasteiger partial charge in [0.2, 0.25) is 5.88 Å². The van der Waals surface area contributed by atoms with Crippen LogP contribution in [0.4, 0.5) is 13.2 Å². The second kappa shape index (κ2) is 9.29. The molecule has 0 aliphatic carbocycles. The molecule has 0 bridgehead atoms. The highest BCUT2D eigenvalue weighted by atomic mass is 19.4. The summed E-state index contributed by atoms with van der Waals surface area (Å²) < 4.78 is 43.3. The fraction of sp³-hybridized carbons (Fsp3) is 0.400. The smallest absolute Gasteiger partial charge is 0.422 e. The number of alkyl halides is 3. The Balaban J connectivity index is 1.80. The summed E-state index contributed by atoms with van der Waals surface area (Å²) in [5, 5.41) is 16.6. The maximum absolute atomic E-state index is 12.5. The van der Waals surface area contributed by atoms with Gasteiger partial charge < -0.3 is 15.2 Å². The van der Waals surface area contributed by atoms with Crippen LogP contribution in [0.3, 0.4) is 0 Å². The Bertz CT molecular complexity index is 1080. The topological polar surface area (TPSA) is 102 Å². The maximum atomic E-state index is 12.5. The average molecular weight is 437 g/mol. The van der Waals surface area contributed by atoms with Gasteiger partial charge in [-0.05, 0) is 38.0 Å². The van der Waals surface area contributed by atoms with Crippen LogP contribution in [-0.4, -0.2) is 56.7 Å². The van der Waals surface area contributed by atoms with Gasteiger partial charge in [-0.3, -0.25) is 9.48 Å². The highest BCUT2D eigenvalue weighted by Gasteiger charge is 2.29. The van der Waals surface area contributed by atoms with Crippen LogP contribution in [0.1, 0.15) is 33.7 Å². The molecule has 0 atom stereocenters. The van der Waals surface area contributed by atoms with Crippen molar-refractivity contribution >= 4 is 16.8 Å². The lowest BCUT2D eigenvalue weighted by molar-refractivity contribution is -0.154. The molecule has 1 amide bonds. The molecule has 0 radical (unpaired) electrons. The number of nitrogens with zero attached hydrogens (tertiary/aromatic N) is 4. The van der Waals surface area contributed by atoms with Gasteiger partial charge in [-0.15, -0.1) is 0 Å². The second-order valence-electron chi connectivity index (χ2n) is 7.07. The molecule has 0 aliphatic rings. The van der Waals surface area contributed by atoms with Crippen LogP contribution in [0.5, 0.6) is 5.88 Å². The highest BCUT2D eigenvalue weighted by Crippen LogP contribution is 2.22. The van der Waals surface area contributed by atoms with Crippen molar-refractivity contribution in [1.82, 2.24) is 25.1 Å². The number of halogens is 3. The number of carbonyl (C=O) groups is 1. The molecule has 3 rings (SSSR count). The number of hydrogen-bond acceptors (Lipinski definition) is 6. The lowest BCUT2D eigenvalue weighted by Crippen LogP contribution is -2.26. The Morgan fingerprint density at radius 2 is 2.06 bits per heavy atom. The second-order valence-corrected chi connectivity index (χ2v) is 7.07. The molecule has 166 valence electrons. The van der Waals surface area contributed by atoms with Gasteiger partial charge in [0.15, 0.2) is 6.61 Å². The monoisotopic (exact) mass is 437 g/mol. The number of amides is 1. The first kappa shape index (κ1) is 22.5. The van der Waals surface area contributed by atoms with Gasteiger partial charge in [0.1, 0.15) is 5.69 Å². The van der Waals surface area contributed by atoms with E-state index < -0.39 is 12.8 Å². The van der Waals surface area contributed by atoms with Gasteiger partial charge in [-0.1, -0.05) is 0 Å². The van der Waals surface area contributed by atoms with Crippen molar-refractivity contribution < 1.29 is 27.8 Å². The number of aliphatic hydroxyl groups excluding tert-OH is 1. The number of ether oxygens (including phenoxy) is 1. The zero-order valence-electron chi connectivity index (χ0n) is 17.0. The zero-order chi connectivity index (χ0) is 22.6. The van der Waals surface area contributed by atoms with Crippen molar-refractivity contribution in [2.75, 3.05) is 19.8 Å². The Morgan fingerprint density at radius 3 is 2.74 bits per heavy atom. The largest absolute Gasteiger partial charge is 0.468 e. The predicted octanol–water partition coefficient (Wildman–Crippen LogP) is 2.54. The number of nitrogens with one attached hydrogen (secondary N) is 1. The average Bonchev–Trinajstić information content (AvgIpc) is 3.08. The predicted molar refractivity (Wildman–Crippen MR) is 106 cm³/mol. The zero-order valence-corrected chi connectivity index (χ0v) is 17.0. The third-order valence-corrected chi connectivity index (χ3v) is 4.32. The van der Waals surface area contributed by atoms with Gasteiger partial charge in [0.25, 0.3) is 5.91 Å². The summed E-state index contributed by atoms with van der Waals surface area (Å²) in [5.74, 6) is -0.432. The number of rotatable bonds is 8. The molecule has 0 unspecified atom stereocenters. The first-order chi connectivity index (χ1) is 14.7. The molecular weight excluding hydrogens is 415 g/mol. The number of pyridine rings is 2. The van der Waals surface area contributed by atoms with Gasteiger partial charge in [-0.25, -0.2) is 9.97 Å². The van der Waals surface area contributed by atoms with Crippen molar-refractivity contribution in [3.63, 3.8) is 0 Å². The van der Waals surface area contributed by atoms with E-state index in [0.717, 1.165) is 0 Å². The lowest BCUT2D eigenvalue weighted by atomic mass is 10.2. The summed E-state index contributed by atoms with van der Waals surface area (Å²) in [5.41, 5.74) is 2.65. The van der Waals surface area contributed by atoms with Crippen molar-refractivity contribution in [3.05, 3.63) is 47.0 Å². The molecule has 11 heteroatoms. The fourth-order valence-corrected chi connectivity index (χ4v) is 3.01. The van der Waals surface area contributed by atoms with E-state index in [1.807, 2.05) is 0 Å². The van der Waals surface area contributed by atoms with Crippen molar-refractivity contribution in [2.24, 2.45) is 0 Å². The number of carbonyl (C=O) groups excluding carboxylic acids is 1. The molecule has 0 spiro atoms. The molecule has 0 aromatic carbocycles. The minimum Gasteiger partial charge on any atom is -0.468 e. The fourth-order valence-electron chi connectivity index (χ4n) is 3.01. The first-order valence-corrected chi connectivity index (χ1v) is 9.55. The molecule has 31 heavy (non-hydrogen) atoms. The summed E-state index contributed by atoms with van der Waals surface area (Å²) in [6, 6.07) is 3.44. The minimum atomic E-state index is -4.43. The van der Waals surface area contributed by atoms with E-state index in [4.69, 9.17) is 9.84 Å². The third-order valence-electron chi connectivity index (χ3n) is 4.32. The SMILES string of the molecule is Cc1cc2nn(Cc3cnc(OCC(F)(F)F)c(C)c3)cc2c(C(=O)NCCCO)n1. The highest BCUT2D eigenvalue weighted by molar-refractivity contribution is 6.04. The molecule has 3 heterocycles. The number of hydrogen-bond donors (Lipinski definition) is 2. The molecule has 3 aromatic heterocycles. The van der Waals surface area contributed by atoms with Crippen LogP contribution in [0.15, 0.2) is 24.5 Å². The number of fused-ring (bicyclic) bond motifs is 1. The summed E-state index contributed by atoms with van der Waals surface area (Å²) in [6.45, 7) is 2.57. The quantitative estimate of drug-likeness (QED) is 0.525. The Hall–Kier alpha value is -3.21. The number of aliphatic hydroxyl groups is 1. The van der Waals surface area contributed by atoms with Gasteiger partial charge >= 0.3 is 6.18 Å². The van der Waals surface area contributed by atoms with Crippen LogP contribution in [0.25, 0.3) is 10.9 Å². The molecular formula is C20H22F3N5O3. The van der Waals surface area contributed by atoms with E-state index in [1.54, 1.807) is 36.9 Å². The van der Waals surface area contributed by atoms with E-state index in [0.29, 0.717) is 47.2 Å². The molecule has 2 N–H and O–H groups in total. The Labute approximate surface area is 176 Å². The summed E-state index contributed by atoms with van der Waals surface area (Å²) in [6.07, 6.45) is -0.881. The van der Waals surface area contributed by atoms with Crippen molar-refractivity contribution in [2.45, 2.75) is 33.0 Å². The summed E-state index contributed by atoms with van der Waals surface area (Å²) in [7, 11) is 0. The van der Waals surface area contributed by atoms with Gasteiger partial charge in [-0.2, -0.15) is 18.3 Å². The standard InChI is InChI=1S/C20H22F3N5O3/c1-12-6-14(8-25-19(12)31-11-20(21,22)23)9-28-10-15-16(27-28)7-13(2)26-17(15)18(30)24-4-3-5-29/h6-8,10,29H,3-5,9,11H2,1-2H3,(H,24,30). The van der Waals surface area contributed by atoms with Gasteiger partial charge in [0.05, 0.1) is 17.4 Å². The molecule has 0 fully saturated rings. The van der Waals surface area contributed by atoms with Crippen molar-refractivity contribution in [3.8, 4) is 5.88 Å². The van der Waals surface area contributed by atoms with E-state index in [2.05, 4.69) is 20.4 Å². The number of aromatic nitrogens is 4. The van der Waals surface area contributed by atoms with Crippen LogP contribution >= 0.6 is 0 Å². The van der Waals surface area contributed by atoms with Crippen LogP contribution in [0, 0.1) is 13.8 Å². The van der Waals surface area contributed by atoms with E-state index in [9.17, 15) is 18.0 Å². The summed E-state index contributed by atoms with van der Waals surface area (Å²) >= 11 is 0. The van der Waals surface area contributed by atoms with Crippen LogP contribution in [-0.2, 0) is 6.54 Å².